The highest BCUT2D eigenvalue weighted by Crippen LogP contribution is 2.19. The van der Waals surface area contributed by atoms with Gasteiger partial charge in [0.1, 0.15) is 0 Å². The predicted molar refractivity (Wildman–Crippen MR) is 90.0 cm³/mol. The lowest BCUT2D eigenvalue weighted by molar-refractivity contribution is -0.132. The van der Waals surface area contributed by atoms with Gasteiger partial charge in [0.25, 0.3) is 0 Å². The molecular weight excluding hydrogens is 276 g/mol. The summed E-state index contributed by atoms with van der Waals surface area (Å²) in [7, 11) is 0. The average molecular weight is 304 g/mol. The van der Waals surface area contributed by atoms with Crippen LogP contribution in [0.25, 0.3) is 0 Å². The first kappa shape index (κ1) is 16.8. The maximum absolute atomic E-state index is 12.7. The lowest BCUT2D eigenvalue weighted by Crippen LogP contribution is -2.48. The summed E-state index contributed by atoms with van der Waals surface area (Å²) in [5.41, 5.74) is 0.994. The van der Waals surface area contributed by atoms with E-state index in [1.807, 2.05) is 47.1 Å². The minimum atomic E-state index is -0.410. The van der Waals surface area contributed by atoms with E-state index >= 15 is 0 Å². The molecule has 122 valence electrons. The Morgan fingerprint density at radius 2 is 2.09 bits per heavy atom. The van der Waals surface area contributed by atoms with Crippen LogP contribution in [0.15, 0.2) is 30.3 Å². The van der Waals surface area contributed by atoms with Crippen LogP contribution in [-0.4, -0.2) is 47.7 Å². The third-order valence-corrected chi connectivity index (χ3v) is 4.47. The number of likely N-dealkylation sites (tertiary alicyclic amines) is 1. The molecule has 0 bridgehead atoms. The van der Waals surface area contributed by atoms with Gasteiger partial charge in [-0.25, -0.2) is 0 Å². The van der Waals surface area contributed by atoms with Gasteiger partial charge < -0.3 is 14.9 Å². The van der Waals surface area contributed by atoms with Gasteiger partial charge in [-0.05, 0) is 44.7 Å². The molecule has 2 unspecified atom stereocenters. The van der Waals surface area contributed by atoms with Crippen LogP contribution < -0.4 is 4.90 Å². The van der Waals surface area contributed by atoms with E-state index in [1.165, 1.54) is 6.42 Å². The van der Waals surface area contributed by atoms with Gasteiger partial charge in [-0.15, -0.1) is 0 Å². The highest BCUT2D eigenvalue weighted by molar-refractivity contribution is 5.82. The monoisotopic (exact) mass is 304 g/mol. The molecule has 2 rings (SSSR count). The van der Waals surface area contributed by atoms with Crippen molar-refractivity contribution in [2.45, 2.75) is 51.7 Å². The van der Waals surface area contributed by atoms with E-state index in [0.29, 0.717) is 25.6 Å². The molecule has 0 aromatic heterocycles. The summed E-state index contributed by atoms with van der Waals surface area (Å²) in [5, 5.41) is 10.00. The van der Waals surface area contributed by atoms with Crippen LogP contribution >= 0.6 is 0 Å². The molecule has 1 fully saturated rings. The number of carbonyl (C=O) groups excluding carboxylic acids is 1. The third-order valence-electron chi connectivity index (χ3n) is 4.47. The zero-order chi connectivity index (χ0) is 15.9. The number of aliphatic hydroxyl groups is 1. The number of hydrogen-bond donors (Lipinski definition) is 1. The highest BCUT2D eigenvalue weighted by Gasteiger charge is 2.25. The summed E-state index contributed by atoms with van der Waals surface area (Å²) in [5.74, 6) is 0.166. The number of rotatable bonds is 6. The zero-order valence-corrected chi connectivity index (χ0v) is 13.7. The Hall–Kier alpha value is -1.55. The second-order valence-electron chi connectivity index (χ2n) is 6.21. The Morgan fingerprint density at radius 3 is 2.73 bits per heavy atom. The molecule has 22 heavy (non-hydrogen) atoms. The number of piperidine rings is 1. The Kier molecular flexibility index (Phi) is 6.25. The fourth-order valence-corrected chi connectivity index (χ4v) is 3.01. The molecule has 1 heterocycles. The molecule has 1 amide bonds. The lowest BCUT2D eigenvalue weighted by Gasteiger charge is -2.36. The van der Waals surface area contributed by atoms with E-state index in [1.54, 1.807) is 0 Å². The fourth-order valence-electron chi connectivity index (χ4n) is 3.01. The summed E-state index contributed by atoms with van der Waals surface area (Å²) in [4.78, 5) is 16.7. The largest absolute Gasteiger partial charge is 0.391 e. The number of carbonyl (C=O) groups is 1. The van der Waals surface area contributed by atoms with Crippen molar-refractivity contribution in [2.24, 2.45) is 0 Å². The second-order valence-corrected chi connectivity index (χ2v) is 6.21. The van der Waals surface area contributed by atoms with Gasteiger partial charge >= 0.3 is 0 Å². The van der Waals surface area contributed by atoms with Crippen molar-refractivity contribution >= 4 is 11.6 Å². The van der Waals surface area contributed by atoms with Gasteiger partial charge in [-0.3, -0.25) is 4.79 Å². The van der Waals surface area contributed by atoms with Gasteiger partial charge in [0.05, 0.1) is 12.6 Å². The minimum Gasteiger partial charge on any atom is -0.391 e. The number of benzene rings is 1. The van der Waals surface area contributed by atoms with Crippen molar-refractivity contribution in [1.82, 2.24) is 4.90 Å². The first-order valence-corrected chi connectivity index (χ1v) is 8.39. The van der Waals surface area contributed by atoms with Crippen LogP contribution in [0.5, 0.6) is 0 Å². The Labute approximate surface area is 133 Å². The fraction of sp³-hybridized carbons (Fsp3) is 0.611. The van der Waals surface area contributed by atoms with Gasteiger partial charge in [0, 0.05) is 24.8 Å². The smallest absolute Gasteiger partial charge is 0.242 e. The number of hydrogen-bond acceptors (Lipinski definition) is 3. The molecule has 0 spiro atoms. The Morgan fingerprint density at radius 1 is 1.36 bits per heavy atom. The van der Waals surface area contributed by atoms with Crippen LogP contribution in [0.3, 0.4) is 0 Å². The summed E-state index contributed by atoms with van der Waals surface area (Å²) in [6, 6.07) is 10.2. The van der Waals surface area contributed by atoms with Crippen molar-refractivity contribution in [1.29, 1.82) is 0 Å². The van der Waals surface area contributed by atoms with E-state index in [4.69, 9.17) is 0 Å². The molecule has 4 heteroatoms. The second kappa shape index (κ2) is 8.18. The molecule has 1 N–H and O–H groups in total. The normalized spacial score (nSPS) is 19.8. The topological polar surface area (TPSA) is 43.8 Å². The third kappa shape index (κ3) is 4.47. The van der Waals surface area contributed by atoms with Crippen LogP contribution in [0.2, 0.25) is 0 Å². The molecule has 1 aromatic rings. The molecule has 1 saturated heterocycles. The molecule has 1 aliphatic heterocycles. The van der Waals surface area contributed by atoms with Crippen LogP contribution in [0.4, 0.5) is 5.69 Å². The number of para-hydroxylation sites is 1. The molecule has 0 radical (unpaired) electrons. The van der Waals surface area contributed by atoms with E-state index in [-0.39, 0.29) is 5.91 Å². The maximum Gasteiger partial charge on any atom is 0.242 e. The standard InChI is InChI=1S/C18H28N2O2/c1-3-17(21)13-19(16-10-5-4-6-11-16)14-18(22)20-12-8-7-9-15(20)2/h4-6,10-11,15,17,21H,3,7-9,12-14H2,1-2H3. The summed E-state index contributed by atoms with van der Waals surface area (Å²) in [6.07, 6.45) is 3.68. The highest BCUT2D eigenvalue weighted by atomic mass is 16.3. The predicted octanol–water partition coefficient (Wildman–Crippen LogP) is 2.66. The number of nitrogens with zero attached hydrogens (tertiary/aromatic N) is 2. The zero-order valence-electron chi connectivity index (χ0n) is 13.7. The quantitative estimate of drug-likeness (QED) is 0.879. The molecule has 0 aliphatic carbocycles. The number of aliphatic hydroxyl groups excluding tert-OH is 1. The van der Waals surface area contributed by atoms with Crippen molar-refractivity contribution < 1.29 is 9.90 Å². The molecule has 1 aromatic carbocycles. The van der Waals surface area contributed by atoms with Gasteiger partial charge in [0.2, 0.25) is 5.91 Å². The Balaban J connectivity index is 2.06. The van der Waals surface area contributed by atoms with Crippen LogP contribution in [0.1, 0.15) is 39.5 Å². The van der Waals surface area contributed by atoms with Crippen LogP contribution in [0, 0.1) is 0 Å². The van der Waals surface area contributed by atoms with E-state index in [0.717, 1.165) is 25.1 Å². The molecule has 2 atom stereocenters. The van der Waals surface area contributed by atoms with Crippen molar-refractivity contribution in [3.05, 3.63) is 30.3 Å². The van der Waals surface area contributed by atoms with Gasteiger partial charge in [0.15, 0.2) is 0 Å². The Bertz CT molecular complexity index is 463. The average Bonchev–Trinajstić information content (AvgIpc) is 2.55. The summed E-state index contributed by atoms with van der Waals surface area (Å²) >= 11 is 0. The van der Waals surface area contributed by atoms with Crippen molar-refractivity contribution in [3.8, 4) is 0 Å². The lowest BCUT2D eigenvalue weighted by atomic mass is 10.0. The minimum absolute atomic E-state index is 0.166. The van der Waals surface area contributed by atoms with Crippen LogP contribution in [-0.2, 0) is 4.79 Å². The maximum atomic E-state index is 12.7. The van der Waals surface area contributed by atoms with Crippen molar-refractivity contribution in [3.63, 3.8) is 0 Å². The van der Waals surface area contributed by atoms with Crippen molar-refractivity contribution in [2.75, 3.05) is 24.5 Å². The molecular formula is C18H28N2O2. The first-order chi connectivity index (χ1) is 10.6. The van der Waals surface area contributed by atoms with E-state index < -0.39 is 6.10 Å². The van der Waals surface area contributed by atoms with E-state index in [2.05, 4.69) is 6.92 Å². The molecule has 1 aliphatic rings. The number of anilines is 1. The molecule has 4 nitrogen and oxygen atoms in total. The first-order valence-electron chi connectivity index (χ1n) is 8.39. The van der Waals surface area contributed by atoms with E-state index in [9.17, 15) is 9.90 Å². The number of amides is 1. The summed E-state index contributed by atoms with van der Waals surface area (Å²) < 4.78 is 0. The van der Waals surface area contributed by atoms with Gasteiger partial charge in [-0.2, -0.15) is 0 Å². The SMILES string of the molecule is CCC(O)CN(CC(=O)N1CCCCC1C)c1ccccc1. The van der Waals surface area contributed by atoms with Gasteiger partial charge in [-0.1, -0.05) is 25.1 Å². The summed E-state index contributed by atoms with van der Waals surface area (Å²) in [6.45, 7) is 5.78. The molecule has 0 saturated carbocycles.